The Bertz CT molecular complexity index is 1200. The first-order chi connectivity index (χ1) is 14.6. The van der Waals surface area contributed by atoms with Gasteiger partial charge in [0.15, 0.2) is 0 Å². The number of benzene rings is 1. The van der Waals surface area contributed by atoms with Gasteiger partial charge in [-0.05, 0) is 62.2 Å². The average molecular weight is 426 g/mol. The summed E-state index contributed by atoms with van der Waals surface area (Å²) in [6.45, 7) is 4.80. The molecule has 0 unspecified atom stereocenters. The van der Waals surface area contributed by atoms with Gasteiger partial charge in [0.25, 0.3) is 17.6 Å². The predicted octanol–water partition coefficient (Wildman–Crippen LogP) is 3.70. The maximum Gasteiger partial charge on any atom is 0.298 e. The van der Waals surface area contributed by atoms with E-state index in [0.29, 0.717) is 22.5 Å². The van der Waals surface area contributed by atoms with Crippen LogP contribution >= 0.6 is 0 Å². The summed E-state index contributed by atoms with van der Waals surface area (Å²) in [5, 5.41) is 5.05. The number of aryl methyl sites for hydroxylation is 1. The number of ketones is 1. The average Bonchev–Trinajstić information content (AvgIpc) is 2.94. The Kier molecular flexibility index (Phi) is 5.96. The normalized spacial score (nSPS) is 10.6. The lowest BCUT2D eigenvalue weighted by atomic mass is 10.1. The standard InChI is InChI=1S/C22H20F2N4O3/c1-11-9-14(5-7-16(11)23)26-21(30)18-12(2)19(28(4)13(18)3)20(29)22(31)27-15-6-8-17(24)25-10-15/h5-10H,1-4H3,(H,26,30)(H,27,31). The molecular formula is C22H20F2N4O3. The summed E-state index contributed by atoms with van der Waals surface area (Å²) in [5.41, 5.74) is 2.04. The molecule has 0 radical (unpaired) electrons. The van der Waals surface area contributed by atoms with Crippen molar-refractivity contribution in [1.29, 1.82) is 0 Å². The van der Waals surface area contributed by atoms with Gasteiger partial charge in [0.1, 0.15) is 5.82 Å². The van der Waals surface area contributed by atoms with Crippen LogP contribution in [0.25, 0.3) is 0 Å². The van der Waals surface area contributed by atoms with Crippen LogP contribution in [0.3, 0.4) is 0 Å². The van der Waals surface area contributed by atoms with Crippen molar-refractivity contribution < 1.29 is 23.2 Å². The smallest absolute Gasteiger partial charge is 0.298 e. The summed E-state index contributed by atoms with van der Waals surface area (Å²) in [7, 11) is 1.57. The number of nitrogens with zero attached hydrogens (tertiary/aromatic N) is 2. The molecule has 1 aromatic carbocycles. The molecule has 0 saturated heterocycles. The summed E-state index contributed by atoms with van der Waals surface area (Å²) in [6.07, 6.45) is 1.09. The van der Waals surface area contributed by atoms with Crippen LogP contribution in [-0.2, 0) is 11.8 Å². The second-order valence-electron chi connectivity index (χ2n) is 7.06. The van der Waals surface area contributed by atoms with Crippen molar-refractivity contribution in [3.05, 3.63) is 76.4 Å². The molecule has 0 fully saturated rings. The van der Waals surface area contributed by atoms with Crippen LogP contribution in [-0.4, -0.2) is 27.1 Å². The number of pyridine rings is 1. The van der Waals surface area contributed by atoms with Crippen molar-refractivity contribution in [2.45, 2.75) is 20.8 Å². The molecule has 3 aromatic rings. The van der Waals surface area contributed by atoms with E-state index in [1.165, 1.54) is 28.8 Å². The van der Waals surface area contributed by atoms with Crippen molar-refractivity contribution in [3.8, 4) is 0 Å². The second kappa shape index (κ2) is 8.47. The molecular weight excluding hydrogens is 406 g/mol. The van der Waals surface area contributed by atoms with Crippen LogP contribution in [0.4, 0.5) is 20.2 Å². The minimum Gasteiger partial charge on any atom is -0.344 e. The van der Waals surface area contributed by atoms with Gasteiger partial charge in [0.05, 0.1) is 23.1 Å². The molecule has 0 saturated carbocycles. The Morgan fingerprint density at radius 3 is 2.26 bits per heavy atom. The maximum atomic E-state index is 13.5. The van der Waals surface area contributed by atoms with Gasteiger partial charge in [-0.15, -0.1) is 0 Å². The molecule has 0 aliphatic rings. The number of hydrogen-bond acceptors (Lipinski definition) is 4. The first-order valence-electron chi connectivity index (χ1n) is 9.30. The number of amides is 2. The van der Waals surface area contributed by atoms with E-state index >= 15 is 0 Å². The molecule has 9 heteroatoms. The van der Waals surface area contributed by atoms with E-state index < -0.39 is 23.5 Å². The van der Waals surface area contributed by atoms with Crippen LogP contribution in [0.2, 0.25) is 0 Å². The van der Waals surface area contributed by atoms with Crippen molar-refractivity contribution in [2.75, 3.05) is 10.6 Å². The Morgan fingerprint density at radius 2 is 1.65 bits per heavy atom. The zero-order chi connectivity index (χ0) is 22.9. The number of carbonyl (C=O) groups is 3. The van der Waals surface area contributed by atoms with Crippen LogP contribution < -0.4 is 10.6 Å². The summed E-state index contributed by atoms with van der Waals surface area (Å²) < 4.78 is 27.9. The van der Waals surface area contributed by atoms with Gasteiger partial charge in [-0.1, -0.05) is 0 Å². The van der Waals surface area contributed by atoms with Crippen LogP contribution in [0, 0.1) is 32.5 Å². The molecule has 0 atom stereocenters. The lowest BCUT2D eigenvalue weighted by molar-refractivity contribution is -0.112. The molecule has 0 bridgehead atoms. The first-order valence-corrected chi connectivity index (χ1v) is 9.30. The molecule has 2 aromatic heterocycles. The van der Waals surface area contributed by atoms with Gasteiger partial charge < -0.3 is 15.2 Å². The summed E-state index contributed by atoms with van der Waals surface area (Å²) >= 11 is 0. The van der Waals surface area contributed by atoms with Crippen molar-refractivity contribution in [2.24, 2.45) is 7.05 Å². The summed E-state index contributed by atoms with van der Waals surface area (Å²) in [6, 6.07) is 6.51. The zero-order valence-corrected chi connectivity index (χ0v) is 17.3. The van der Waals surface area contributed by atoms with E-state index in [1.54, 1.807) is 27.8 Å². The minimum absolute atomic E-state index is 0.0468. The number of nitrogens with one attached hydrogen (secondary N) is 2. The van der Waals surface area contributed by atoms with Crippen molar-refractivity contribution in [3.63, 3.8) is 0 Å². The van der Waals surface area contributed by atoms with Gasteiger partial charge in [-0.3, -0.25) is 14.4 Å². The second-order valence-corrected chi connectivity index (χ2v) is 7.06. The molecule has 0 aliphatic heterocycles. The van der Waals surface area contributed by atoms with Crippen LogP contribution in [0.5, 0.6) is 0 Å². The van der Waals surface area contributed by atoms with Crippen LogP contribution in [0.1, 0.15) is 37.7 Å². The van der Waals surface area contributed by atoms with Crippen molar-refractivity contribution >= 4 is 29.0 Å². The number of carbonyl (C=O) groups excluding carboxylic acids is 3. The molecule has 0 spiro atoms. The largest absolute Gasteiger partial charge is 0.344 e. The van der Waals surface area contributed by atoms with Gasteiger partial charge in [-0.25, -0.2) is 9.37 Å². The van der Waals surface area contributed by atoms with E-state index in [0.717, 1.165) is 12.3 Å². The van der Waals surface area contributed by atoms with Gasteiger partial charge >= 0.3 is 0 Å². The molecule has 0 aliphatic carbocycles. The highest BCUT2D eigenvalue weighted by atomic mass is 19.1. The fourth-order valence-electron chi connectivity index (χ4n) is 3.30. The molecule has 2 N–H and O–H groups in total. The topological polar surface area (TPSA) is 93.1 Å². The highest BCUT2D eigenvalue weighted by molar-refractivity contribution is 6.46. The molecule has 31 heavy (non-hydrogen) atoms. The van der Waals surface area contributed by atoms with Crippen molar-refractivity contribution in [1.82, 2.24) is 9.55 Å². The SMILES string of the molecule is Cc1cc(NC(=O)c2c(C)c(C(=O)C(=O)Nc3ccc(F)nc3)n(C)c2C)ccc1F. The highest BCUT2D eigenvalue weighted by Crippen LogP contribution is 2.24. The quantitative estimate of drug-likeness (QED) is 0.370. The Hall–Kier alpha value is -3.88. The maximum absolute atomic E-state index is 13.5. The molecule has 3 rings (SSSR count). The third-order valence-corrected chi connectivity index (χ3v) is 4.98. The zero-order valence-electron chi connectivity index (χ0n) is 17.3. The van der Waals surface area contributed by atoms with E-state index in [9.17, 15) is 23.2 Å². The lowest BCUT2D eigenvalue weighted by Gasteiger charge is -2.07. The van der Waals surface area contributed by atoms with Gasteiger partial charge in [0.2, 0.25) is 5.95 Å². The van der Waals surface area contributed by atoms with E-state index in [1.807, 2.05) is 0 Å². The van der Waals surface area contributed by atoms with E-state index in [-0.39, 0.29) is 22.8 Å². The minimum atomic E-state index is -0.946. The molecule has 2 amide bonds. The molecule has 2 heterocycles. The number of Topliss-reactive ketones (excluding diaryl/α,β-unsaturated/α-hetero) is 1. The first kappa shape index (κ1) is 21.8. The van der Waals surface area contributed by atoms with Gasteiger partial charge in [0, 0.05) is 18.4 Å². The summed E-state index contributed by atoms with van der Waals surface area (Å²) in [5.74, 6) is -3.40. The Morgan fingerprint density at radius 1 is 0.968 bits per heavy atom. The lowest BCUT2D eigenvalue weighted by Crippen LogP contribution is -2.25. The number of rotatable bonds is 5. The fourth-order valence-corrected chi connectivity index (χ4v) is 3.30. The predicted molar refractivity (Wildman–Crippen MR) is 111 cm³/mol. The van der Waals surface area contributed by atoms with E-state index in [4.69, 9.17) is 0 Å². The third-order valence-electron chi connectivity index (χ3n) is 4.98. The molecule has 7 nitrogen and oxygen atoms in total. The van der Waals surface area contributed by atoms with E-state index in [2.05, 4.69) is 15.6 Å². The highest BCUT2D eigenvalue weighted by Gasteiger charge is 2.28. The number of aromatic nitrogens is 2. The fraction of sp³-hybridized carbons (Fsp3) is 0.182. The number of hydrogen-bond donors (Lipinski definition) is 2. The van der Waals surface area contributed by atoms with Gasteiger partial charge in [-0.2, -0.15) is 4.39 Å². The number of anilines is 2. The molecule has 160 valence electrons. The Balaban J connectivity index is 1.87. The summed E-state index contributed by atoms with van der Waals surface area (Å²) in [4.78, 5) is 41.5. The monoisotopic (exact) mass is 426 g/mol. The third kappa shape index (κ3) is 4.35. The Labute approximate surface area is 177 Å². The number of halogens is 2. The van der Waals surface area contributed by atoms with Crippen LogP contribution in [0.15, 0.2) is 36.5 Å².